The summed E-state index contributed by atoms with van der Waals surface area (Å²) in [5.74, 6) is 0.645. The summed E-state index contributed by atoms with van der Waals surface area (Å²) in [6.45, 7) is 14.4. The summed E-state index contributed by atoms with van der Waals surface area (Å²) in [6.07, 6.45) is 2.17. The second-order valence-corrected chi connectivity index (χ2v) is 2.88. The first-order chi connectivity index (χ1) is 5.75. The van der Waals surface area contributed by atoms with E-state index in [1.54, 1.807) is 0 Å². The Morgan fingerprint density at radius 3 is 2.42 bits per heavy atom. The van der Waals surface area contributed by atoms with Gasteiger partial charge in [0.15, 0.2) is 0 Å². The lowest BCUT2D eigenvalue weighted by Crippen LogP contribution is -2.31. The molecule has 0 amide bonds. The van der Waals surface area contributed by atoms with Crippen molar-refractivity contribution in [2.75, 3.05) is 13.1 Å². The lowest BCUT2D eigenvalue weighted by molar-refractivity contribution is 0.556. The molecule has 1 nitrogen and oxygen atoms in total. The quantitative estimate of drug-likeness (QED) is 0.585. The molecule has 70 valence electrons. The Morgan fingerprint density at radius 1 is 1.50 bits per heavy atom. The van der Waals surface area contributed by atoms with E-state index in [1.165, 1.54) is 11.1 Å². The Kier molecular flexibility index (Phi) is 5.73. The summed E-state index contributed by atoms with van der Waals surface area (Å²) >= 11 is 0. The monoisotopic (exact) mass is 167 g/mol. The minimum Gasteiger partial charge on any atom is -0.312 e. The van der Waals surface area contributed by atoms with E-state index < -0.39 is 0 Å². The van der Waals surface area contributed by atoms with Gasteiger partial charge < -0.3 is 5.32 Å². The van der Waals surface area contributed by atoms with Crippen molar-refractivity contribution in [1.82, 2.24) is 5.32 Å². The summed E-state index contributed by atoms with van der Waals surface area (Å²) in [5.41, 5.74) is 2.68. The van der Waals surface area contributed by atoms with Gasteiger partial charge in [0.05, 0.1) is 0 Å². The van der Waals surface area contributed by atoms with Gasteiger partial charge in [0.1, 0.15) is 0 Å². The fraction of sp³-hybridized carbons (Fsp3) is 0.636. The third-order valence-corrected chi connectivity index (χ3v) is 2.04. The number of hydrogen-bond donors (Lipinski definition) is 1. The molecule has 12 heavy (non-hydrogen) atoms. The van der Waals surface area contributed by atoms with Gasteiger partial charge in [-0.1, -0.05) is 33.4 Å². The number of allylic oxidation sites excluding steroid dienone is 1. The first kappa shape index (κ1) is 11.4. The molecule has 0 aromatic rings. The topological polar surface area (TPSA) is 12.0 Å². The summed E-state index contributed by atoms with van der Waals surface area (Å²) in [6, 6.07) is 0. The molecular weight excluding hydrogens is 146 g/mol. The van der Waals surface area contributed by atoms with Crippen LogP contribution in [0, 0.1) is 5.92 Å². The molecule has 1 fully saturated rings. The average Bonchev–Trinajstić information content (AvgIpc) is 2.08. The minimum atomic E-state index is 0.645. The molecule has 1 aliphatic heterocycles. The van der Waals surface area contributed by atoms with Crippen LogP contribution in [0.5, 0.6) is 0 Å². The van der Waals surface area contributed by atoms with Crippen LogP contribution in [-0.4, -0.2) is 13.1 Å². The van der Waals surface area contributed by atoms with Crippen LogP contribution in [0.15, 0.2) is 23.8 Å². The van der Waals surface area contributed by atoms with Gasteiger partial charge in [-0.25, -0.2) is 0 Å². The van der Waals surface area contributed by atoms with E-state index in [9.17, 15) is 0 Å². The molecule has 0 aliphatic carbocycles. The fourth-order valence-corrected chi connectivity index (χ4v) is 1.49. The third-order valence-electron chi connectivity index (χ3n) is 2.04. The van der Waals surface area contributed by atoms with Crippen LogP contribution < -0.4 is 5.32 Å². The maximum absolute atomic E-state index is 3.99. The molecule has 1 heterocycles. The van der Waals surface area contributed by atoms with Crippen molar-refractivity contribution in [3.8, 4) is 0 Å². The van der Waals surface area contributed by atoms with Crippen molar-refractivity contribution < 1.29 is 0 Å². The maximum atomic E-state index is 3.99. The SMILES string of the molecule is C=C1CNCC(C)/C1=C/C.CC. The molecular formula is C11H21N. The van der Waals surface area contributed by atoms with Crippen LogP contribution in [0.2, 0.25) is 0 Å². The zero-order valence-electron chi connectivity index (χ0n) is 8.78. The lowest BCUT2D eigenvalue weighted by Gasteiger charge is -2.24. The van der Waals surface area contributed by atoms with Gasteiger partial charge in [0, 0.05) is 13.1 Å². The van der Waals surface area contributed by atoms with E-state index in [0.717, 1.165) is 13.1 Å². The van der Waals surface area contributed by atoms with E-state index in [0.29, 0.717) is 5.92 Å². The molecule has 0 radical (unpaired) electrons. The highest BCUT2D eigenvalue weighted by molar-refractivity contribution is 5.33. The molecule has 1 atom stereocenters. The Bertz CT molecular complexity index is 168. The van der Waals surface area contributed by atoms with Crippen LogP contribution in [0.4, 0.5) is 0 Å². The second kappa shape index (κ2) is 6.01. The first-order valence-electron chi connectivity index (χ1n) is 4.80. The summed E-state index contributed by atoms with van der Waals surface area (Å²) in [7, 11) is 0. The van der Waals surface area contributed by atoms with Crippen LogP contribution in [-0.2, 0) is 0 Å². The largest absolute Gasteiger partial charge is 0.312 e. The lowest BCUT2D eigenvalue weighted by atomic mass is 9.91. The van der Waals surface area contributed by atoms with E-state index >= 15 is 0 Å². The predicted octanol–water partition coefficient (Wildman–Crippen LogP) is 2.75. The van der Waals surface area contributed by atoms with E-state index in [4.69, 9.17) is 0 Å². The van der Waals surface area contributed by atoms with E-state index in [-0.39, 0.29) is 0 Å². The zero-order valence-corrected chi connectivity index (χ0v) is 8.78. The Hall–Kier alpha value is -0.560. The number of hydrogen-bond acceptors (Lipinski definition) is 1. The van der Waals surface area contributed by atoms with Gasteiger partial charge in [-0.15, -0.1) is 0 Å². The van der Waals surface area contributed by atoms with Crippen LogP contribution in [0.1, 0.15) is 27.7 Å². The minimum absolute atomic E-state index is 0.645. The van der Waals surface area contributed by atoms with Gasteiger partial charge in [0.25, 0.3) is 0 Å². The van der Waals surface area contributed by atoms with Crippen LogP contribution in [0.3, 0.4) is 0 Å². The van der Waals surface area contributed by atoms with Crippen molar-refractivity contribution in [3.05, 3.63) is 23.8 Å². The summed E-state index contributed by atoms with van der Waals surface area (Å²) in [4.78, 5) is 0. The van der Waals surface area contributed by atoms with Crippen molar-refractivity contribution in [2.24, 2.45) is 5.92 Å². The molecule has 0 saturated carbocycles. The molecule has 0 spiro atoms. The second-order valence-electron chi connectivity index (χ2n) is 2.88. The zero-order chi connectivity index (χ0) is 9.56. The first-order valence-corrected chi connectivity index (χ1v) is 4.80. The Labute approximate surface area is 76.6 Å². The Morgan fingerprint density at radius 2 is 2.08 bits per heavy atom. The van der Waals surface area contributed by atoms with Gasteiger partial charge in [-0.3, -0.25) is 0 Å². The smallest absolute Gasteiger partial charge is 0.0202 e. The summed E-state index contributed by atoms with van der Waals surface area (Å²) in [5, 5.41) is 3.31. The van der Waals surface area contributed by atoms with Crippen molar-refractivity contribution in [3.63, 3.8) is 0 Å². The van der Waals surface area contributed by atoms with Crippen LogP contribution >= 0.6 is 0 Å². The van der Waals surface area contributed by atoms with Gasteiger partial charge in [-0.2, -0.15) is 0 Å². The Balaban J connectivity index is 0.000000561. The third kappa shape index (κ3) is 2.82. The summed E-state index contributed by atoms with van der Waals surface area (Å²) < 4.78 is 0. The highest BCUT2D eigenvalue weighted by Crippen LogP contribution is 2.20. The number of nitrogens with one attached hydrogen (secondary N) is 1. The standard InChI is InChI=1S/C9H15N.C2H6/c1-4-9-7(2)5-10-6-8(9)3;1-2/h4,8,10H,2,5-6H2,1,3H3;1-2H3/b9-4+;. The molecule has 1 aliphatic rings. The number of rotatable bonds is 0. The van der Waals surface area contributed by atoms with Gasteiger partial charge >= 0.3 is 0 Å². The van der Waals surface area contributed by atoms with E-state index in [2.05, 4.69) is 31.8 Å². The van der Waals surface area contributed by atoms with Crippen molar-refractivity contribution >= 4 is 0 Å². The van der Waals surface area contributed by atoms with Crippen molar-refractivity contribution in [2.45, 2.75) is 27.7 Å². The average molecular weight is 167 g/mol. The maximum Gasteiger partial charge on any atom is 0.0202 e. The molecule has 0 aromatic carbocycles. The number of piperidine rings is 1. The molecule has 0 aromatic heterocycles. The fourth-order valence-electron chi connectivity index (χ4n) is 1.49. The highest BCUT2D eigenvalue weighted by Gasteiger charge is 2.15. The molecule has 1 unspecified atom stereocenters. The molecule has 1 saturated heterocycles. The molecule has 0 bridgehead atoms. The van der Waals surface area contributed by atoms with Gasteiger partial charge in [-0.05, 0) is 24.0 Å². The van der Waals surface area contributed by atoms with E-state index in [1.807, 2.05) is 13.8 Å². The van der Waals surface area contributed by atoms with Crippen LogP contribution in [0.25, 0.3) is 0 Å². The molecule has 1 N–H and O–H groups in total. The normalized spacial score (nSPS) is 26.5. The molecule has 1 rings (SSSR count). The molecule has 1 heteroatoms. The van der Waals surface area contributed by atoms with Gasteiger partial charge in [0.2, 0.25) is 0 Å². The highest BCUT2D eigenvalue weighted by atomic mass is 14.9. The predicted molar refractivity (Wildman–Crippen MR) is 56.3 cm³/mol. The van der Waals surface area contributed by atoms with Crippen molar-refractivity contribution in [1.29, 1.82) is 0 Å².